The summed E-state index contributed by atoms with van der Waals surface area (Å²) in [5.41, 5.74) is 1.23. The molecule has 1 atom stereocenters. The van der Waals surface area contributed by atoms with Crippen molar-refractivity contribution >= 4 is 17.5 Å². The van der Waals surface area contributed by atoms with Gasteiger partial charge >= 0.3 is 0 Å². The molecule has 0 bridgehead atoms. The third kappa shape index (κ3) is 4.56. The van der Waals surface area contributed by atoms with Gasteiger partial charge in [0.15, 0.2) is 0 Å². The first-order valence-electron chi connectivity index (χ1n) is 8.02. The van der Waals surface area contributed by atoms with Crippen LogP contribution in [-0.2, 0) is 4.79 Å². The van der Waals surface area contributed by atoms with Crippen molar-refractivity contribution in [2.24, 2.45) is 0 Å². The maximum absolute atomic E-state index is 12.2. The minimum absolute atomic E-state index is 0.0261. The van der Waals surface area contributed by atoms with E-state index in [-0.39, 0.29) is 11.8 Å². The van der Waals surface area contributed by atoms with Gasteiger partial charge < -0.3 is 10.6 Å². The number of nitrogens with zero attached hydrogens (tertiary/aromatic N) is 1. The molecule has 1 aromatic carbocycles. The molecule has 0 aromatic heterocycles. The lowest BCUT2D eigenvalue weighted by atomic mass is 10.0. The molecule has 2 rings (SSSR count). The van der Waals surface area contributed by atoms with E-state index in [1.807, 2.05) is 6.92 Å². The smallest absolute Gasteiger partial charge is 0.251 e. The van der Waals surface area contributed by atoms with Crippen LogP contribution in [0.2, 0.25) is 0 Å². The molecule has 1 aliphatic heterocycles. The fourth-order valence-electron chi connectivity index (χ4n) is 2.78. The summed E-state index contributed by atoms with van der Waals surface area (Å²) in [5.74, 6) is -0.148. The summed E-state index contributed by atoms with van der Waals surface area (Å²) in [6.07, 6.45) is 3.55. The fourth-order valence-corrected chi connectivity index (χ4v) is 2.78. The molecule has 5 nitrogen and oxygen atoms in total. The maximum Gasteiger partial charge on any atom is 0.251 e. The van der Waals surface area contributed by atoms with E-state index < -0.39 is 0 Å². The molecule has 2 amide bonds. The van der Waals surface area contributed by atoms with Gasteiger partial charge in [-0.3, -0.25) is 14.5 Å². The number of hydrogen-bond donors (Lipinski definition) is 2. The maximum atomic E-state index is 12.2. The Balaban J connectivity index is 1.93. The highest BCUT2D eigenvalue weighted by Crippen LogP contribution is 2.16. The lowest BCUT2D eigenvalue weighted by Gasteiger charge is -2.32. The highest BCUT2D eigenvalue weighted by Gasteiger charge is 2.20. The standard InChI is InChI=1S/C17H25N3O2/c1-3-18-17(22)14-8-6-9-15(11-14)19-16(21)12-20-10-5-4-7-13(20)2/h6,8-9,11,13H,3-5,7,10,12H2,1-2H3,(H,18,22)(H,19,21)/t13-/m0/s1. The summed E-state index contributed by atoms with van der Waals surface area (Å²) in [4.78, 5) is 26.2. The molecule has 1 saturated heterocycles. The molecule has 1 heterocycles. The van der Waals surface area contributed by atoms with Crippen molar-refractivity contribution in [3.8, 4) is 0 Å². The van der Waals surface area contributed by atoms with Crippen molar-refractivity contribution in [3.63, 3.8) is 0 Å². The van der Waals surface area contributed by atoms with Crippen molar-refractivity contribution < 1.29 is 9.59 Å². The van der Waals surface area contributed by atoms with Crippen LogP contribution in [0.1, 0.15) is 43.5 Å². The van der Waals surface area contributed by atoms with Gasteiger partial charge in [0.25, 0.3) is 5.91 Å². The number of carbonyl (C=O) groups is 2. The highest BCUT2D eigenvalue weighted by atomic mass is 16.2. The van der Waals surface area contributed by atoms with Gasteiger partial charge in [-0.05, 0) is 51.4 Å². The number of carbonyl (C=O) groups excluding carboxylic acids is 2. The molecule has 22 heavy (non-hydrogen) atoms. The Hall–Kier alpha value is -1.88. The lowest BCUT2D eigenvalue weighted by Crippen LogP contribution is -2.42. The SMILES string of the molecule is CCNC(=O)c1cccc(NC(=O)CN2CCCC[C@@H]2C)c1. The number of hydrogen-bond acceptors (Lipinski definition) is 3. The molecule has 2 N–H and O–H groups in total. The third-order valence-corrected chi connectivity index (χ3v) is 4.03. The fraction of sp³-hybridized carbons (Fsp3) is 0.529. The Morgan fingerprint density at radius 1 is 1.32 bits per heavy atom. The number of likely N-dealkylation sites (tertiary alicyclic amines) is 1. The van der Waals surface area contributed by atoms with E-state index in [0.29, 0.717) is 30.4 Å². The Morgan fingerprint density at radius 3 is 2.86 bits per heavy atom. The Labute approximate surface area is 132 Å². The zero-order valence-electron chi connectivity index (χ0n) is 13.4. The van der Waals surface area contributed by atoms with Crippen LogP contribution in [0, 0.1) is 0 Å². The number of benzene rings is 1. The van der Waals surface area contributed by atoms with E-state index in [0.717, 1.165) is 19.4 Å². The van der Waals surface area contributed by atoms with Gasteiger partial charge in [-0.2, -0.15) is 0 Å². The normalized spacial score (nSPS) is 18.7. The van der Waals surface area contributed by atoms with Crippen LogP contribution in [0.4, 0.5) is 5.69 Å². The van der Waals surface area contributed by atoms with Crippen molar-refractivity contribution in [2.45, 2.75) is 39.2 Å². The number of piperidine rings is 1. The van der Waals surface area contributed by atoms with Crippen molar-refractivity contribution in [3.05, 3.63) is 29.8 Å². The van der Waals surface area contributed by atoms with Gasteiger partial charge in [0.1, 0.15) is 0 Å². The van der Waals surface area contributed by atoms with E-state index >= 15 is 0 Å². The topological polar surface area (TPSA) is 61.4 Å². The first kappa shape index (κ1) is 16.5. The molecule has 0 saturated carbocycles. The zero-order valence-corrected chi connectivity index (χ0v) is 13.4. The van der Waals surface area contributed by atoms with Gasteiger partial charge in [0.2, 0.25) is 5.91 Å². The van der Waals surface area contributed by atoms with Crippen molar-refractivity contribution in [1.82, 2.24) is 10.2 Å². The third-order valence-electron chi connectivity index (χ3n) is 4.03. The van der Waals surface area contributed by atoms with E-state index in [2.05, 4.69) is 22.5 Å². The molecule has 0 radical (unpaired) electrons. The molecule has 1 aliphatic rings. The summed E-state index contributed by atoms with van der Waals surface area (Å²) in [6.45, 7) is 6.02. The predicted octanol–water partition coefficient (Wildman–Crippen LogP) is 2.25. The lowest BCUT2D eigenvalue weighted by molar-refractivity contribution is -0.118. The minimum Gasteiger partial charge on any atom is -0.352 e. The molecular formula is C17H25N3O2. The zero-order chi connectivity index (χ0) is 15.9. The van der Waals surface area contributed by atoms with Crippen LogP contribution in [0.25, 0.3) is 0 Å². The summed E-state index contributed by atoms with van der Waals surface area (Å²) in [7, 11) is 0. The van der Waals surface area contributed by atoms with Crippen LogP contribution >= 0.6 is 0 Å². The average Bonchev–Trinajstić information content (AvgIpc) is 2.50. The number of nitrogens with one attached hydrogen (secondary N) is 2. The molecule has 0 aliphatic carbocycles. The van der Waals surface area contributed by atoms with Gasteiger partial charge in [-0.25, -0.2) is 0 Å². The Bertz CT molecular complexity index is 530. The van der Waals surface area contributed by atoms with E-state index in [1.54, 1.807) is 24.3 Å². The molecule has 0 spiro atoms. The molecular weight excluding hydrogens is 278 g/mol. The van der Waals surface area contributed by atoms with Gasteiger partial charge in [-0.15, -0.1) is 0 Å². The quantitative estimate of drug-likeness (QED) is 0.877. The largest absolute Gasteiger partial charge is 0.352 e. The van der Waals surface area contributed by atoms with Crippen molar-refractivity contribution in [2.75, 3.05) is 25.0 Å². The van der Waals surface area contributed by atoms with Crippen LogP contribution in [0.15, 0.2) is 24.3 Å². The van der Waals surface area contributed by atoms with E-state index in [9.17, 15) is 9.59 Å². The minimum atomic E-state index is -0.122. The number of anilines is 1. The van der Waals surface area contributed by atoms with Crippen LogP contribution < -0.4 is 10.6 Å². The second-order valence-corrected chi connectivity index (χ2v) is 5.80. The van der Waals surface area contributed by atoms with E-state index in [1.165, 1.54) is 6.42 Å². The second kappa shape index (κ2) is 7.94. The van der Waals surface area contributed by atoms with Gasteiger partial charge in [-0.1, -0.05) is 12.5 Å². The number of rotatable bonds is 5. The van der Waals surface area contributed by atoms with Gasteiger partial charge in [0.05, 0.1) is 6.54 Å². The molecule has 120 valence electrons. The van der Waals surface area contributed by atoms with Crippen LogP contribution in [-0.4, -0.2) is 42.4 Å². The van der Waals surface area contributed by atoms with Crippen LogP contribution in [0.5, 0.6) is 0 Å². The Kier molecular flexibility index (Phi) is 5.95. The van der Waals surface area contributed by atoms with Gasteiger partial charge in [0, 0.05) is 23.8 Å². The average molecular weight is 303 g/mol. The number of amides is 2. The first-order chi connectivity index (χ1) is 10.6. The van der Waals surface area contributed by atoms with Crippen LogP contribution in [0.3, 0.4) is 0 Å². The van der Waals surface area contributed by atoms with E-state index in [4.69, 9.17) is 0 Å². The molecule has 5 heteroatoms. The highest BCUT2D eigenvalue weighted by molar-refractivity contribution is 5.97. The molecule has 0 unspecified atom stereocenters. The monoisotopic (exact) mass is 303 g/mol. The molecule has 1 fully saturated rings. The summed E-state index contributed by atoms with van der Waals surface area (Å²) in [5, 5.41) is 5.64. The van der Waals surface area contributed by atoms with Crippen molar-refractivity contribution in [1.29, 1.82) is 0 Å². The summed E-state index contributed by atoms with van der Waals surface area (Å²) >= 11 is 0. The summed E-state index contributed by atoms with van der Waals surface area (Å²) in [6, 6.07) is 7.50. The molecule has 1 aromatic rings. The first-order valence-corrected chi connectivity index (χ1v) is 8.02. The summed E-state index contributed by atoms with van der Waals surface area (Å²) < 4.78 is 0. The Morgan fingerprint density at radius 2 is 2.14 bits per heavy atom. The predicted molar refractivity (Wildman–Crippen MR) is 88.0 cm³/mol. The second-order valence-electron chi connectivity index (χ2n) is 5.80.